The third-order valence-electron chi connectivity index (χ3n) is 4.99. The van der Waals surface area contributed by atoms with Gasteiger partial charge in [0.05, 0.1) is 18.2 Å². The summed E-state index contributed by atoms with van der Waals surface area (Å²) in [6.45, 7) is 3.33. The van der Waals surface area contributed by atoms with E-state index in [0.717, 1.165) is 27.6 Å². The van der Waals surface area contributed by atoms with E-state index in [9.17, 15) is 14.3 Å². The number of phosphoric ester groups is 1. The molecule has 1 heterocycles. The van der Waals surface area contributed by atoms with Crippen LogP contribution < -0.4 is 4.89 Å². The molecule has 0 aliphatic carbocycles. The first-order valence-corrected chi connectivity index (χ1v) is 12.4. The minimum atomic E-state index is -4.24. The molecule has 0 bridgehead atoms. The number of aromatic nitrogens is 1. The maximum absolute atomic E-state index is 12.7. The van der Waals surface area contributed by atoms with E-state index in [1.54, 1.807) is 20.0 Å². The Morgan fingerprint density at radius 2 is 1.75 bits per heavy atom. The second-order valence-corrected chi connectivity index (χ2v) is 9.37. The minimum absolute atomic E-state index is 0.0639. The second kappa shape index (κ2) is 11.5. The van der Waals surface area contributed by atoms with Crippen molar-refractivity contribution in [1.29, 1.82) is 0 Å². The zero-order valence-corrected chi connectivity index (χ0v) is 19.4. The third kappa shape index (κ3) is 7.07. The van der Waals surface area contributed by atoms with Gasteiger partial charge in [0.15, 0.2) is 0 Å². The van der Waals surface area contributed by atoms with Crippen molar-refractivity contribution < 1.29 is 23.3 Å². The molecule has 0 N–H and O–H groups in total. The lowest BCUT2D eigenvalue weighted by atomic mass is 9.93. The van der Waals surface area contributed by atoms with E-state index in [0.29, 0.717) is 32.1 Å². The van der Waals surface area contributed by atoms with Crippen molar-refractivity contribution in [2.45, 2.75) is 52.1 Å². The molecule has 0 saturated carbocycles. The predicted molar refractivity (Wildman–Crippen MR) is 124 cm³/mol. The van der Waals surface area contributed by atoms with E-state index in [1.165, 1.54) is 0 Å². The number of fused-ring (bicyclic) bond motifs is 1. The van der Waals surface area contributed by atoms with Gasteiger partial charge in [-0.15, -0.1) is 0 Å². The Kier molecular flexibility index (Phi) is 8.71. The van der Waals surface area contributed by atoms with Crippen LogP contribution in [0.4, 0.5) is 0 Å². The van der Waals surface area contributed by atoms with Crippen molar-refractivity contribution in [1.82, 2.24) is 4.98 Å². The molecule has 3 aromatic rings. The topological polar surface area (TPSA) is 88.5 Å². The molecular formula is C25H29NO5P-. The number of Topliss-reactive ketones (excluding diaryl/α,β-unsaturated/α-hetero) is 1. The number of hydrogen-bond acceptors (Lipinski definition) is 6. The average molecular weight is 454 g/mol. The van der Waals surface area contributed by atoms with Crippen LogP contribution in [0.2, 0.25) is 0 Å². The van der Waals surface area contributed by atoms with Gasteiger partial charge in [-0.3, -0.25) is 14.3 Å². The number of carbonyl (C=O) groups excluding carboxylic acids is 1. The second-order valence-electron chi connectivity index (χ2n) is 8.00. The summed E-state index contributed by atoms with van der Waals surface area (Å²) in [5.41, 5.74) is 3.94. The van der Waals surface area contributed by atoms with E-state index < -0.39 is 13.9 Å². The standard InChI is InChI=1S/C25H30NO5P/c1-19(2)31-32(28,29)30-16-10-4-7-13-22(27)17-21-18-26-24-15-9-8-14-23(24)25(21)20-11-5-3-6-12-20/h3,5-6,8-9,11-12,14-15,18-19H,4,7,10,13,16-17H2,1-2H3,(H,28,29)/p-1. The number of nitrogens with zero attached hydrogens (tertiary/aromatic N) is 1. The fraction of sp³-hybridized carbons (Fsp3) is 0.360. The molecule has 0 aliphatic heterocycles. The highest BCUT2D eigenvalue weighted by Crippen LogP contribution is 2.39. The first-order valence-electron chi connectivity index (χ1n) is 10.9. The van der Waals surface area contributed by atoms with Gasteiger partial charge in [0, 0.05) is 24.4 Å². The average Bonchev–Trinajstić information content (AvgIpc) is 2.75. The Morgan fingerprint density at radius 1 is 1.03 bits per heavy atom. The zero-order chi connectivity index (χ0) is 23.0. The van der Waals surface area contributed by atoms with Crippen molar-refractivity contribution in [2.24, 2.45) is 0 Å². The lowest BCUT2D eigenvalue weighted by molar-refractivity contribution is -0.228. The molecule has 1 aromatic heterocycles. The molecule has 2 aromatic carbocycles. The molecule has 1 unspecified atom stereocenters. The van der Waals surface area contributed by atoms with Crippen LogP contribution in [0, 0.1) is 0 Å². The molecule has 6 nitrogen and oxygen atoms in total. The summed E-state index contributed by atoms with van der Waals surface area (Å²) >= 11 is 0. The molecule has 0 spiro atoms. The number of unbranched alkanes of at least 4 members (excludes halogenated alkanes) is 2. The number of rotatable bonds is 12. The largest absolute Gasteiger partial charge is 0.756 e. The molecule has 1 atom stereocenters. The third-order valence-corrected chi connectivity index (χ3v) is 6.17. The highest BCUT2D eigenvalue weighted by molar-refractivity contribution is 7.45. The molecule has 170 valence electrons. The maximum Gasteiger partial charge on any atom is 0.268 e. The van der Waals surface area contributed by atoms with Crippen LogP contribution >= 0.6 is 7.82 Å². The van der Waals surface area contributed by atoms with Gasteiger partial charge in [-0.05, 0) is 49.4 Å². The summed E-state index contributed by atoms with van der Waals surface area (Å²) < 4.78 is 21.1. The predicted octanol–water partition coefficient (Wildman–Crippen LogP) is 5.48. The van der Waals surface area contributed by atoms with Crippen molar-refractivity contribution in [3.8, 4) is 11.1 Å². The van der Waals surface area contributed by atoms with Crippen LogP contribution in [0.15, 0.2) is 60.8 Å². The van der Waals surface area contributed by atoms with Gasteiger partial charge in [0.1, 0.15) is 5.78 Å². The monoisotopic (exact) mass is 454 g/mol. The van der Waals surface area contributed by atoms with Gasteiger partial charge in [0.2, 0.25) is 0 Å². The molecule has 0 fully saturated rings. The number of carbonyl (C=O) groups is 1. The summed E-state index contributed by atoms with van der Waals surface area (Å²) in [4.78, 5) is 28.8. The molecule has 7 heteroatoms. The fourth-order valence-electron chi connectivity index (χ4n) is 3.63. The number of phosphoric acid groups is 1. The Bertz CT molecular complexity index is 1080. The lowest BCUT2D eigenvalue weighted by Crippen LogP contribution is -2.13. The number of benzene rings is 2. The van der Waals surface area contributed by atoms with Gasteiger partial charge in [-0.2, -0.15) is 0 Å². The molecular weight excluding hydrogens is 425 g/mol. The lowest BCUT2D eigenvalue weighted by Gasteiger charge is -2.24. The van der Waals surface area contributed by atoms with Crippen LogP contribution in [0.1, 0.15) is 45.1 Å². The SMILES string of the molecule is CC(C)OP(=O)([O-])OCCCCCC(=O)Cc1cnc2ccccc2c1-c1ccccc1. The van der Waals surface area contributed by atoms with Gasteiger partial charge < -0.3 is 13.9 Å². The molecule has 0 radical (unpaired) electrons. The van der Waals surface area contributed by atoms with Crippen LogP contribution in [-0.2, 0) is 24.8 Å². The quantitative estimate of drug-likeness (QED) is 0.266. The van der Waals surface area contributed by atoms with E-state index in [1.807, 2.05) is 54.6 Å². The highest BCUT2D eigenvalue weighted by atomic mass is 31.2. The van der Waals surface area contributed by atoms with E-state index in [-0.39, 0.29) is 12.4 Å². The maximum atomic E-state index is 12.7. The van der Waals surface area contributed by atoms with Gasteiger partial charge in [0.25, 0.3) is 7.82 Å². The summed E-state index contributed by atoms with van der Waals surface area (Å²) in [6.07, 6.45) is 4.04. The summed E-state index contributed by atoms with van der Waals surface area (Å²) in [5, 5.41) is 1.03. The number of hydrogen-bond donors (Lipinski definition) is 0. The molecule has 32 heavy (non-hydrogen) atoms. The van der Waals surface area contributed by atoms with Gasteiger partial charge >= 0.3 is 0 Å². The summed E-state index contributed by atoms with van der Waals surface area (Å²) in [7, 11) is -4.24. The fourth-order valence-corrected chi connectivity index (χ4v) is 4.56. The number of ketones is 1. The van der Waals surface area contributed by atoms with E-state index in [2.05, 4.69) is 4.98 Å². The van der Waals surface area contributed by atoms with Crippen molar-refractivity contribution in [3.05, 3.63) is 66.4 Å². The van der Waals surface area contributed by atoms with Crippen LogP contribution in [-0.4, -0.2) is 23.5 Å². The molecule has 0 amide bonds. The number of para-hydroxylation sites is 1. The molecule has 0 aliphatic rings. The van der Waals surface area contributed by atoms with Crippen LogP contribution in [0.25, 0.3) is 22.0 Å². The van der Waals surface area contributed by atoms with Gasteiger partial charge in [-0.25, -0.2) is 0 Å². The van der Waals surface area contributed by atoms with Crippen molar-refractivity contribution in [3.63, 3.8) is 0 Å². The van der Waals surface area contributed by atoms with Crippen LogP contribution in [0.5, 0.6) is 0 Å². The summed E-state index contributed by atoms with van der Waals surface area (Å²) in [5.74, 6) is 0.137. The number of pyridine rings is 1. The van der Waals surface area contributed by atoms with Crippen molar-refractivity contribution >= 4 is 24.5 Å². The minimum Gasteiger partial charge on any atom is -0.756 e. The van der Waals surface area contributed by atoms with Crippen LogP contribution in [0.3, 0.4) is 0 Å². The van der Waals surface area contributed by atoms with Gasteiger partial charge in [-0.1, -0.05) is 55.0 Å². The summed E-state index contributed by atoms with van der Waals surface area (Å²) in [6, 6.07) is 18.0. The Balaban J connectivity index is 1.57. The normalized spacial score (nSPS) is 13.4. The first-order chi connectivity index (χ1) is 15.4. The Morgan fingerprint density at radius 3 is 2.50 bits per heavy atom. The van der Waals surface area contributed by atoms with E-state index in [4.69, 9.17) is 9.05 Å². The molecule has 0 saturated heterocycles. The highest BCUT2D eigenvalue weighted by Gasteiger charge is 2.14. The van der Waals surface area contributed by atoms with E-state index >= 15 is 0 Å². The molecule has 3 rings (SSSR count). The first kappa shape index (κ1) is 24.3. The Hall–Kier alpha value is -2.37. The Labute approximate surface area is 189 Å². The zero-order valence-electron chi connectivity index (χ0n) is 18.5. The van der Waals surface area contributed by atoms with Crippen molar-refractivity contribution in [2.75, 3.05) is 6.61 Å². The smallest absolute Gasteiger partial charge is 0.268 e.